The Kier molecular flexibility index (Phi) is 3.28. The Labute approximate surface area is 120 Å². The van der Waals surface area contributed by atoms with Crippen molar-refractivity contribution in [2.45, 2.75) is 5.79 Å². The van der Waals surface area contributed by atoms with E-state index in [2.05, 4.69) is 19.9 Å². The molecule has 0 saturated heterocycles. The van der Waals surface area contributed by atoms with Gasteiger partial charge >= 0.3 is 0 Å². The Morgan fingerprint density at radius 1 is 1.05 bits per heavy atom. The number of phenolic OH excluding ortho intramolecular Hbond substituents is 1. The number of fused-ring (bicyclic) bond motifs is 1. The lowest BCUT2D eigenvalue weighted by Gasteiger charge is -2.30. The highest BCUT2D eigenvalue weighted by molar-refractivity contribution is 5.73. The second-order valence-corrected chi connectivity index (χ2v) is 4.40. The average molecular weight is 286 g/mol. The van der Waals surface area contributed by atoms with E-state index in [-0.39, 0.29) is 5.75 Å². The zero-order valence-corrected chi connectivity index (χ0v) is 11.6. The van der Waals surface area contributed by atoms with E-state index in [4.69, 9.17) is 9.47 Å². The zero-order valence-electron chi connectivity index (χ0n) is 11.6. The minimum absolute atomic E-state index is 0.161. The maximum Gasteiger partial charge on any atom is 0.241 e. The van der Waals surface area contributed by atoms with Crippen LogP contribution in [0.4, 0.5) is 0 Å². The van der Waals surface area contributed by atoms with Crippen LogP contribution in [0.25, 0.3) is 11.2 Å². The smallest absolute Gasteiger partial charge is 0.241 e. The number of methoxy groups -OCH3 is 2. The number of H-pyrrole nitrogens is 1. The van der Waals surface area contributed by atoms with E-state index in [1.54, 1.807) is 24.3 Å². The summed E-state index contributed by atoms with van der Waals surface area (Å²) in [4.78, 5) is 15.5. The Hall–Kier alpha value is -2.51. The van der Waals surface area contributed by atoms with Crippen molar-refractivity contribution < 1.29 is 14.6 Å². The number of aromatic amines is 1. The molecular formula is C14H14N4O3. The molecule has 0 radical (unpaired) electrons. The number of aromatic nitrogens is 4. The molecule has 0 aliphatic carbocycles. The zero-order chi connectivity index (χ0) is 14.9. The van der Waals surface area contributed by atoms with Gasteiger partial charge in [-0.05, 0) is 24.3 Å². The van der Waals surface area contributed by atoms with Crippen molar-refractivity contribution in [1.82, 2.24) is 19.9 Å². The molecule has 0 amide bonds. The summed E-state index contributed by atoms with van der Waals surface area (Å²) in [5.41, 5.74) is 2.37. The maximum absolute atomic E-state index is 9.45. The lowest BCUT2D eigenvalue weighted by atomic mass is 10.0. The molecule has 3 aromatic rings. The number of nitrogens with one attached hydrogen (secondary N) is 1. The van der Waals surface area contributed by atoms with Gasteiger partial charge in [-0.15, -0.1) is 0 Å². The summed E-state index contributed by atoms with van der Waals surface area (Å²) < 4.78 is 11.3. The van der Waals surface area contributed by atoms with Crippen LogP contribution in [0.2, 0.25) is 0 Å². The first-order valence-electron chi connectivity index (χ1n) is 6.25. The van der Waals surface area contributed by atoms with Gasteiger partial charge in [0.2, 0.25) is 5.79 Å². The molecule has 2 heterocycles. The molecular weight excluding hydrogens is 272 g/mol. The Morgan fingerprint density at radius 2 is 1.76 bits per heavy atom. The van der Waals surface area contributed by atoms with Crippen molar-refractivity contribution in [2.24, 2.45) is 0 Å². The minimum atomic E-state index is -1.22. The maximum atomic E-state index is 9.45. The first-order chi connectivity index (χ1) is 10.2. The van der Waals surface area contributed by atoms with Crippen LogP contribution in [0.5, 0.6) is 5.75 Å². The largest absolute Gasteiger partial charge is 0.508 e. The van der Waals surface area contributed by atoms with Crippen LogP contribution in [0.15, 0.2) is 36.9 Å². The third-order valence-corrected chi connectivity index (χ3v) is 3.36. The van der Waals surface area contributed by atoms with E-state index in [9.17, 15) is 5.11 Å². The fraction of sp³-hybridized carbons (Fsp3) is 0.214. The summed E-state index contributed by atoms with van der Waals surface area (Å²) in [6.07, 6.45) is 2.95. The molecule has 0 aliphatic rings. The summed E-state index contributed by atoms with van der Waals surface area (Å²) in [6.45, 7) is 0. The Morgan fingerprint density at radius 3 is 2.43 bits per heavy atom. The van der Waals surface area contributed by atoms with Gasteiger partial charge < -0.3 is 19.6 Å². The number of rotatable bonds is 4. The lowest BCUT2D eigenvalue weighted by Crippen LogP contribution is -2.33. The molecule has 7 heteroatoms. The summed E-state index contributed by atoms with van der Waals surface area (Å²) in [5.74, 6) is -1.06. The number of benzene rings is 1. The first-order valence-corrected chi connectivity index (χ1v) is 6.25. The third kappa shape index (κ3) is 2.03. The first kappa shape index (κ1) is 13.5. The number of aromatic hydroxyl groups is 1. The number of ether oxygens (including phenoxy) is 2. The normalized spacial score (nSPS) is 11.9. The molecule has 21 heavy (non-hydrogen) atoms. The predicted octanol–water partition coefficient (Wildman–Crippen LogP) is 1.55. The molecule has 0 saturated carbocycles. The highest BCUT2D eigenvalue weighted by atomic mass is 16.7. The molecule has 2 aromatic heterocycles. The van der Waals surface area contributed by atoms with Gasteiger partial charge in [0.15, 0.2) is 5.65 Å². The summed E-state index contributed by atoms with van der Waals surface area (Å²) in [7, 11) is 3.06. The number of phenols is 1. The Balaban J connectivity index is 2.26. The van der Waals surface area contributed by atoms with Gasteiger partial charge in [-0.3, -0.25) is 0 Å². The highest BCUT2D eigenvalue weighted by Crippen LogP contribution is 2.35. The molecule has 7 nitrogen and oxygen atoms in total. The van der Waals surface area contributed by atoms with Crippen LogP contribution < -0.4 is 0 Å². The van der Waals surface area contributed by atoms with Gasteiger partial charge in [0, 0.05) is 19.8 Å². The van der Waals surface area contributed by atoms with E-state index in [0.717, 1.165) is 0 Å². The summed E-state index contributed by atoms with van der Waals surface area (Å²) >= 11 is 0. The fourth-order valence-corrected chi connectivity index (χ4v) is 2.34. The van der Waals surface area contributed by atoms with Crippen molar-refractivity contribution in [3.8, 4) is 5.75 Å². The van der Waals surface area contributed by atoms with Crippen molar-refractivity contribution in [2.75, 3.05) is 14.2 Å². The van der Waals surface area contributed by atoms with Crippen molar-refractivity contribution in [1.29, 1.82) is 0 Å². The second-order valence-electron chi connectivity index (χ2n) is 4.40. The van der Waals surface area contributed by atoms with Crippen LogP contribution in [0.1, 0.15) is 11.3 Å². The summed E-state index contributed by atoms with van der Waals surface area (Å²) in [5, 5.41) is 9.45. The van der Waals surface area contributed by atoms with Crippen LogP contribution in [0.3, 0.4) is 0 Å². The third-order valence-electron chi connectivity index (χ3n) is 3.36. The predicted molar refractivity (Wildman–Crippen MR) is 74.6 cm³/mol. The monoisotopic (exact) mass is 286 g/mol. The molecule has 1 aromatic carbocycles. The minimum Gasteiger partial charge on any atom is -0.508 e. The Bertz CT molecular complexity index is 750. The van der Waals surface area contributed by atoms with Crippen molar-refractivity contribution in [3.05, 3.63) is 48.2 Å². The van der Waals surface area contributed by atoms with Crippen molar-refractivity contribution >= 4 is 11.2 Å². The second kappa shape index (κ2) is 5.12. The van der Waals surface area contributed by atoms with Gasteiger partial charge in [-0.1, -0.05) is 0 Å². The molecule has 2 N–H and O–H groups in total. The fourth-order valence-electron chi connectivity index (χ4n) is 2.34. The van der Waals surface area contributed by atoms with Gasteiger partial charge in [0.25, 0.3) is 0 Å². The molecule has 0 atom stereocenters. The van der Waals surface area contributed by atoms with Crippen LogP contribution in [-0.2, 0) is 15.3 Å². The van der Waals surface area contributed by atoms with E-state index >= 15 is 0 Å². The van der Waals surface area contributed by atoms with Gasteiger partial charge in [0.05, 0.1) is 6.33 Å². The molecule has 0 aliphatic heterocycles. The number of imidazole rings is 1. The van der Waals surface area contributed by atoms with Crippen LogP contribution >= 0.6 is 0 Å². The molecule has 0 fully saturated rings. The van der Waals surface area contributed by atoms with Gasteiger partial charge in [-0.2, -0.15) is 0 Å². The van der Waals surface area contributed by atoms with Crippen LogP contribution in [0, 0.1) is 0 Å². The summed E-state index contributed by atoms with van der Waals surface area (Å²) in [6, 6.07) is 6.56. The van der Waals surface area contributed by atoms with E-state index in [1.807, 2.05) is 0 Å². The van der Waals surface area contributed by atoms with Crippen LogP contribution in [-0.4, -0.2) is 39.3 Å². The SMILES string of the molecule is COC(OC)(c1ccc(O)cc1)c1ncnc2nc[nH]c12. The molecule has 0 spiro atoms. The molecule has 0 unspecified atom stereocenters. The number of hydrogen-bond acceptors (Lipinski definition) is 6. The molecule has 3 rings (SSSR count). The van der Waals surface area contributed by atoms with E-state index in [0.29, 0.717) is 22.4 Å². The number of nitrogens with zero attached hydrogens (tertiary/aromatic N) is 3. The van der Waals surface area contributed by atoms with Gasteiger partial charge in [0.1, 0.15) is 23.3 Å². The quantitative estimate of drug-likeness (QED) is 0.707. The molecule has 0 bridgehead atoms. The standard InChI is InChI=1S/C14H14N4O3/c1-20-14(21-2,9-3-5-10(19)6-4-9)12-11-13(17-7-15-11)18-8-16-12/h3-8,19H,1-2H3,(H,15,16,17,18). The van der Waals surface area contributed by atoms with E-state index < -0.39 is 5.79 Å². The molecule has 108 valence electrons. The van der Waals surface area contributed by atoms with Gasteiger partial charge in [-0.25, -0.2) is 15.0 Å². The average Bonchev–Trinajstić information content (AvgIpc) is 3.00. The topological polar surface area (TPSA) is 93.2 Å². The number of hydrogen-bond donors (Lipinski definition) is 2. The van der Waals surface area contributed by atoms with Crippen molar-refractivity contribution in [3.63, 3.8) is 0 Å². The van der Waals surface area contributed by atoms with E-state index in [1.165, 1.54) is 26.9 Å². The lowest BCUT2D eigenvalue weighted by molar-refractivity contribution is -0.185. The highest BCUT2D eigenvalue weighted by Gasteiger charge is 2.38.